The third-order valence-corrected chi connectivity index (χ3v) is 6.00. The first-order valence-corrected chi connectivity index (χ1v) is 12.0. The van der Waals surface area contributed by atoms with Gasteiger partial charge in [-0.15, -0.1) is 17.9 Å². The average molecular weight is 481 g/mol. The van der Waals surface area contributed by atoms with E-state index in [9.17, 15) is 10.1 Å². The van der Waals surface area contributed by atoms with Crippen LogP contribution in [0.2, 0.25) is 0 Å². The normalized spacial score (nSPS) is 11.0. The number of anilines is 1. The van der Waals surface area contributed by atoms with E-state index < -0.39 is 5.91 Å². The summed E-state index contributed by atoms with van der Waals surface area (Å²) in [6.07, 6.45) is 6.05. The van der Waals surface area contributed by atoms with Crippen molar-refractivity contribution in [2.75, 3.05) is 11.9 Å². The molecule has 35 heavy (non-hydrogen) atoms. The first-order chi connectivity index (χ1) is 17.2. The van der Waals surface area contributed by atoms with Crippen LogP contribution in [0.25, 0.3) is 17.3 Å². The minimum absolute atomic E-state index is 0.00124. The third-order valence-electron chi connectivity index (χ3n) is 5.24. The second kappa shape index (κ2) is 11.6. The molecule has 2 heterocycles. The van der Waals surface area contributed by atoms with Crippen molar-refractivity contribution >= 4 is 28.5 Å². The second-order valence-corrected chi connectivity index (χ2v) is 8.46. The number of aromatic nitrogens is 2. The number of ether oxygens (including phenoxy) is 1. The smallest absolute Gasteiger partial charge is 0.268 e. The lowest BCUT2D eigenvalue weighted by atomic mass is 10.1. The largest absolute Gasteiger partial charge is 0.491 e. The molecule has 0 radical (unpaired) electrons. The highest BCUT2D eigenvalue weighted by molar-refractivity contribution is 7.14. The molecule has 4 aromatic rings. The van der Waals surface area contributed by atoms with E-state index in [1.54, 1.807) is 6.08 Å². The minimum Gasteiger partial charge on any atom is -0.491 e. The van der Waals surface area contributed by atoms with Gasteiger partial charge in [-0.2, -0.15) is 5.26 Å². The monoisotopic (exact) mass is 480 g/mol. The lowest BCUT2D eigenvalue weighted by Gasteiger charge is -2.12. The lowest BCUT2D eigenvalue weighted by molar-refractivity contribution is -0.112. The Kier molecular flexibility index (Phi) is 7.89. The first kappa shape index (κ1) is 23.7. The number of nitriles is 1. The highest BCUT2D eigenvalue weighted by Crippen LogP contribution is 2.25. The van der Waals surface area contributed by atoms with Crippen LogP contribution in [0.5, 0.6) is 5.75 Å². The van der Waals surface area contributed by atoms with Crippen LogP contribution in [0.1, 0.15) is 11.3 Å². The number of thiazole rings is 1. The Bertz CT molecular complexity index is 1380. The summed E-state index contributed by atoms with van der Waals surface area (Å²) in [6.45, 7) is 4.80. The zero-order chi connectivity index (χ0) is 24.5. The molecule has 1 N–H and O–H groups in total. The molecule has 4 rings (SSSR count). The summed E-state index contributed by atoms with van der Waals surface area (Å²) in [4.78, 5) is 17.2. The van der Waals surface area contributed by atoms with E-state index in [0.29, 0.717) is 18.3 Å². The molecule has 0 unspecified atom stereocenters. The fourth-order valence-electron chi connectivity index (χ4n) is 3.52. The van der Waals surface area contributed by atoms with Crippen molar-refractivity contribution in [2.45, 2.75) is 13.0 Å². The van der Waals surface area contributed by atoms with Gasteiger partial charge in [-0.1, -0.05) is 54.6 Å². The van der Waals surface area contributed by atoms with E-state index in [1.807, 2.05) is 95.0 Å². The number of rotatable bonds is 10. The number of carbonyl (C=O) groups excluding carboxylic acids is 1. The van der Waals surface area contributed by atoms with E-state index in [2.05, 4.69) is 16.9 Å². The Hall–Kier alpha value is -4.41. The maximum Gasteiger partial charge on any atom is 0.268 e. The van der Waals surface area contributed by atoms with E-state index in [4.69, 9.17) is 4.74 Å². The summed E-state index contributed by atoms with van der Waals surface area (Å²) in [7, 11) is 0. The van der Waals surface area contributed by atoms with Crippen LogP contribution < -0.4 is 10.1 Å². The fraction of sp³-hybridized carbons (Fsp3) is 0.107. The highest BCUT2D eigenvalue weighted by Gasteiger charge is 2.13. The van der Waals surface area contributed by atoms with E-state index in [1.165, 1.54) is 11.3 Å². The Morgan fingerprint density at radius 1 is 1.14 bits per heavy atom. The van der Waals surface area contributed by atoms with Gasteiger partial charge in [0.1, 0.15) is 24.0 Å². The molecule has 0 saturated heterocycles. The summed E-state index contributed by atoms with van der Waals surface area (Å²) >= 11 is 1.32. The van der Waals surface area contributed by atoms with Gasteiger partial charge in [-0.05, 0) is 36.3 Å². The van der Waals surface area contributed by atoms with Gasteiger partial charge in [0.05, 0.1) is 12.2 Å². The molecule has 0 aliphatic carbocycles. The third kappa shape index (κ3) is 6.14. The fourth-order valence-corrected chi connectivity index (χ4v) is 4.23. The number of allylic oxidation sites excluding steroid dienone is 1. The van der Waals surface area contributed by atoms with Gasteiger partial charge in [0.25, 0.3) is 5.91 Å². The van der Waals surface area contributed by atoms with Crippen LogP contribution in [-0.2, 0) is 17.8 Å². The number of para-hydroxylation sites is 1. The van der Waals surface area contributed by atoms with Crippen LogP contribution in [-0.4, -0.2) is 22.1 Å². The van der Waals surface area contributed by atoms with Crippen LogP contribution in [0, 0.1) is 11.3 Å². The Labute approximate surface area is 208 Å². The SMILES string of the molecule is C=CCc1ccccc1OCCn1cccc1/C=C(/C#N)C(=O)Nc1nc(-c2ccccc2)cs1. The van der Waals surface area contributed by atoms with Crippen LogP contribution in [0.4, 0.5) is 5.13 Å². The molecule has 1 amide bonds. The molecule has 174 valence electrons. The zero-order valence-corrected chi connectivity index (χ0v) is 19.9. The Morgan fingerprint density at radius 3 is 2.74 bits per heavy atom. The molecule has 0 saturated carbocycles. The van der Waals surface area contributed by atoms with E-state index in [0.717, 1.165) is 34.7 Å². The van der Waals surface area contributed by atoms with Crippen LogP contribution in [0.3, 0.4) is 0 Å². The van der Waals surface area contributed by atoms with Crippen molar-refractivity contribution in [1.82, 2.24) is 9.55 Å². The zero-order valence-electron chi connectivity index (χ0n) is 19.1. The number of hydrogen-bond donors (Lipinski definition) is 1. The average Bonchev–Trinajstić information content (AvgIpc) is 3.53. The topological polar surface area (TPSA) is 79.9 Å². The molecule has 6 nitrogen and oxygen atoms in total. The number of amides is 1. The van der Waals surface area contributed by atoms with Gasteiger partial charge >= 0.3 is 0 Å². The van der Waals surface area contributed by atoms with Crippen molar-refractivity contribution in [3.05, 3.63) is 108 Å². The van der Waals surface area contributed by atoms with Gasteiger partial charge in [-0.25, -0.2) is 4.98 Å². The number of benzene rings is 2. The Balaban J connectivity index is 1.41. The molecule has 2 aromatic carbocycles. The molecule has 0 bridgehead atoms. The van der Waals surface area contributed by atoms with Crippen LogP contribution in [0.15, 0.2) is 96.5 Å². The van der Waals surface area contributed by atoms with Gasteiger partial charge in [-0.3, -0.25) is 10.1 Å². The molecule has 0 fully saturated rings. The summed E-state index contributed by atoms with van der Waals surface area (Å²) in [6, 6.07) is 23.3. The summed E-state index contributed by atoms with van der Waals surface area (Å²) in [5, 5.41) is 14.7. The van der Waals surface area contributed by atoms with Gasteiger partial charge < -0.3 is 9.30 Å². The van der Waals surface area contributed by atoms with Crippen molar-refractivity contribution in [1.29, 1.82) is 5.26 Å². The number of carbonyl (C=O) groups is 1. The molecule has 0 atom stereocenters. The maximum atomic E-state index is 12.7. The quantitative estimate of drug-likeness (QED) is 0.172. The first-order valence-electron chi connectivity index (χ1n) is 11.1. The predicted octanol–water partition coefficient (Wildman–Crippen LogP) is 5.96. The minimum atomic E-state index is -0.496. The molecular formula is C28H24N4O2S. The van der Waals surface area contributed by atoms with Crippen molar-refractivity contribution in [2.24, 2.45) is 0 Å². The van der Waals surface area contributed by atoms with Gasteiger partial charge in [0.2, 0.25) is 0 Å². The molecule has 2 aromatic heterocycles. The summed E-state index contributed by atoms with van der Waals surface area (Å²) in [5.41, 5.74) is 3.56. The standard InChI is InChI=1S/C28H24N4O2S/c1-2-9-22-12-6-7-14-26(22)34-17-16-32-15-8-13-24(32)18-23(19-29)27(33)31-28-30-25(20-35-28)21-10-4-3-5-11-21/h2-8,10-15,18,20H,1,9,16-17H2,(H,30,31,33)/b23-18-. The summed E-state index contributed by atoms with van der Waals surface area (Å²) < 4.78 is 7.92. The number of nitrogens with zero attached hydrogens (tertiary/aromatic N) is 3. The van der Waals surface area contributed by atoms with E-state index >= 15 is 0 Å². The lowest BCUT2D eigenvalue weighted by Crippen LogP contribution is -2.14. The van der Waals surface area contributed by atoms with E-state index in [-0.39, 0.29) is 5.57 Å². The molecule has 0 spiro atoms. The molecule has 0 aliphatic rings. The summed E-state index contributed by atoms with van der Waals surface area (Å²) in [5.74, 6) is 0.330. The maximum absolute atomic E-state index is 12.7. The number of hydrogen-bond acceptors (Lipinski definition) is 5. The van der Waals surface area contributed by atoms with Crippen LogP contribution >= 0.6 is 11.3 Å². The second-order valence-electron chi connectivity index (χ2n) is 7.60. The van der Waals surface area contributed by atoms with Gasteiger partial charge in [0, 0.05) is 22.8 Å². The predicted molar refractivity (Wildman–Crippen MR) is 140 cm³/mol. The molecular weight excluding hydrogens is 456 g/mol. The Morgan fingerprint density at radius 2 is 1.94 bits per heavy atom. The molecule has 7 heteroatoms. The van der Waals surface area contributed by atoms with Crippen molar-refractivity contribution in [3.8, 4) is 23.1 Å². The number of nitrogens with one attached hydrogen (secondary N) is 1. The van der Waals surface area contributed by atoms with Crippen molar-refractivity contribution in [3.63, 3.8) is 0 Å². The highest BCUT2D eigenvalue weighted by atomic mass is 32.1. The van der Waals surface area contributed by atoms with Crippen molar-refractivity contribution < 1.29 is 9.53 Å². The molecule has 0 aliphatic heterocycles. The van der Waals surface area contributed by atoms with Gasteiger partial charge in [0.15, 0.2) is 5.13 Å².